The van der Waals surface area contributed by atoms with E-state index in [4.69, 9.17) is 9.84 Å². The Morgan fingerprint density at radius 3 is 2.65 bits per heavy atom. The molecular weight excluding hydrogens is 375 g/mol. The maximum absolute atomic E-state index is 12.9. The SMILES string of the molecule is COC(=O)c1sccc1Oc1ccc(C(F)(F)F)cc1NCC(O)CO. The third-order valence-electron chi connectivity index (χ3n) is 3.27. The molecule has 10 heteroatoms. The summed E-state index contributed by atoms with van der Waals surface area (Å²) < 4.78 is 49.0. The molecule has 1 atom stereocenters. The van der Waals surface area contributed by atoms with Gasteiger partial charge in [-0.3, -0.25) is 0 Å². The topological polar surface area (TPSA) is 88.0 Å². The predicted octanol–water partition coefficient (Wildman–Crippen LogP) is 3.11. The van der Waals surface area contributed by atoms with Crippen LogP contribution in [0, 0.1) is 0 Å². The first-order valence-electron chi connectivity index (χ1n) is 7.34. The number of anilines is 1. The maximum atomic E-state index is 12.9. The normalized spacial score (nSPS) is 12.5. The van der Waals surface area contributed by atoms with E-state index in [1.54, 1.807) is 5.38 Å². The molecule has 0 aliphatic heterocycles. The van der Waals surface area contributed by atoms with Gasteiger partial charge in [-0.2, -0.15) is 13.2 Å². The van der Waals surface area contributed by atoms with Crippen LogP contribution >= 0.6 is 11.3 Å². The van der Waals surface area contributed by atoms with Crippen molar-refractivity contribution in [1.82, 2.24) is 0 Å². The highest BCUT2D eigenvalue weighted by Crippen LogP contribution is 2.38. The zero-order valence-corrected chi connectivity index (χ0v) is 14.4. The zero-order valence-electron chi connectivity index (χ0n) is 13.5. The van der Waals surface area contributed by atoms with Crippen molar-refractivity contribution in [2.45, 2.75) is 12.3 Å². The third kappa shape index (κ3) is 4.87. The molecule has 0 amide bonds. The van der Waals surface area contributed by atoms with Crippen molar-refractivity contribution in [3.63, 3.8) is 0 Å². The second-order valence-electron chi connectivity index (χ2n) is 5.13. The fraction of sp³-hybridized carbons (Fsp3) is 0.312. The smallest absolute Gasteiger partial charge is 0.416 e. The van der Waals surface area contributed by atoms with Crippen molar-refractivity contribution in [2.24, 2.45) is 0 Å². The second-order valence-corrected chi connectivity index (χ2v) is 6.05. The van der Waals surface area contributed by atoms with E-state index in [-0.39, 0.29) is 28.6 Å². The van der Waals surface area contributed by atoms with Gasteiger partial charge in [0.25, 0.3) is 0 Å². The van der Waals surface area contributed by atoms with Crippen molar-refractivity contribution < 1.29 is 37.7 Å². The van der Waals surface area contributed by atoms with Gasteiger partial charge in [0.15, 0.2) is 16.4 Å². The lowest BCUT2D eigenvalue weighted by molar-refractivity contribution is -0.137. The highest BCUT2D eigenvalue weighted by molar-refractivity contribution is 7.12. The van der Waals surface area contributed by atoms with Gasteiger partial charge in [0, 0.05) is 6.54 Å². The summed E-state index contributed by atoms with van der Waals surface area (Å²) in [5.41, 5.74) is -0.960. The molecule has 6 nitrogen and oxygen atoms in total. The van der Waals surface area contributed by atoms with E-state index in [1.165, 1.54) is 13.2 Å². The van der Waals surface area contributed by atoms with Crippen molar-refractivity contribution in [3.05, 3.63) is 40.1 Å². The molecule has 142 valence electrons. The van der Waals surface area contributed by atoms with E-state index in [0.29, 0.717) is 0 Å². The first-order valence-corrected chi connectivity index (χ1v) is 8.22. The summed E-state index contributed by atoms with van der Waals surface area (Å²) >= 11 is 1.06. The van der Waals surface area contributed by atoms with E-state index in [9.17, 15) is 23.1 Å². The molecule has 0 spiro atoms. The molecule has 0 bridgehead atoms. The molecule has 2 rings (SSSR count). The highest BCUT2D eigenvalue weighted by Gasteiger charge is 2.31. The molecule has 26 heavy (non-hydrogen) atoms. The van der Waals surface area contributed by atoms with Gasteiger partial charge in [0.1, 0.15) is 0 Å². The van der Waals surface area contributed by atoms with Crippen LogP contribution in [-0.2, 0) is 10.9 Å². The molecular formula is C16H16F3NO5S. The van der Waals surface area contributed by atoms with Crippen LogP contribution in [0.4, 0.5) is 18.9 Å². The van der Waals surface area contributed by atoms with Crippen molar-refractivity contribution >= 4 is 23.0 Å². The lowest BCUT2D eigenvalue weighted by Gasteiger charge is -2.17. The lowest BCUT2D eigenvalue weighted by Crippen LogP contribution is -2.23. The molecule has 1 heterocycles. The quantitative estimate of drug-likeness (QED) is 0.629. The van der Waals surface area contributed by atoms with Crippen LogP contribution in [0.3, 0.4) is 0 Å². The number of methoxy groups -OCH3 is 1. The summed E-state index contributed by atoms with van der Waals surface area (Å²) in [6.45, 7) is -0.749. The average molecular weight is 391 g/mol. The van der Waals surface area contributed by atoms with E-state index < -0.39 is 30.4 Å². The molecule has 0 aliphatic rings. The molecule has 0 saturated carbocycles. The fourth-order valence-corrected chi connectivity index (χ4v) is 2.70. The van der Waals surface area contributed by atoms with Gasteiger partial charge in [0.05, 0.1) is 31.1 Å². The number of nitrogens with one attached hydrogen (secondary N) is 1. The summed E-state index contributed by atoms with van der Waals surface area (Å²) in [5, 5.41) is 22.4. The summed E-state index contributed by atoms with van der Waals surface area (Å²) in [7, 11) is 1.20. The van der Waals surface area contributed by atoms with Crippen LogP contribution < -0.4 is 10.1 Å². The first kappa shape index (κ1) is 20.0. The van der Waals surface area contributed by atoms with E-state index >= 15 is 0 Å². The number of aliphatic hydroxyl groups is 2. The number of ether oxygens (including phenoxy) is 2. The highest BCUT2D eigenvalue weighted by atomic mass is 32.1. The largest absolute Gasteiger partial charge is 0.465 e. The Labute approximate surface area is 150 Å². The van der Waals surface area contributed by atoms with Gasteiger partial charge in [0.2, 0.25) is 0 Å². The van der Waals surface area contributed by atoms with Crippen LogP contribution in [-0.4, -0.2) is 42.5 Å². The van der Waals surface area contributed by atoms with Crippen LogP contribution in [0.2, 0.25) is 0 Å². The van der Waals surface area contributed by atoms with E-state index in [1.807, 2.05) is 0 Å². The van der Waals surface area contributed by atoms with Crippen LogP contribution in [0.25, 0.3) is 0 Å². The van der Waals surface area contributed by atoms with Crippen molar-refractivity contribution in [1.29, 1.82) is 0 Å². The molecule has 3 N–H and O–H groups in total. The van der Waals surface area contributed by atoms with Crippen LogP contribution in [0.15, 0.2) is 29.6 Å². The fourth-order valence-electron chi connectivity index (χ4n) is 1.96. The average Bonchev–Trinajstić information content (AvgIpc) is 3.07. The number of carbonyl (C=O) groups excluding carboxylic acids is 1. The lowest BCUT2D eigenvalue weighted by atomic mass is 10.1. The van der Waals surface area contributed by atoms with E-state index in [2.05, 4.69) is 10.1 Å². The molecule has 0 fully saturated rings. The number of esters is 1. The number of alkyl halides is 3. The van der Waals surface area contributed by atoms with Gasteiger partial charge in [-0.05, 0) is 29.6 Å². The minimum atomic E-state index is -4.57. The number of carbonyl (C=O) groups is 1. The van der Waals surface area contributed by atoms with Gasteiger partial charge < -0.3 is 25.0 Å². The molecule has 0 saturated heterocycles. The Kier molecular flexibility index (Phi) is 6.46. The Balaban J connectivity index is 2.34. The monoisotopic (exact) mass is 391 g/mol. The molecule has 1 aromatic carbocycles. The Morgan fingerprint density at radius 2 is 2.04 bits per heavy atom. The maximum Gasteiger partial charge on any atom is 0.416 e. The molecule has 2 aromatic rings. The number of aliphatic hydroxyl groups excluding tert-OH is 2. The molecule has 1 unspecified atom stereocenters. The summed E-state index contributed by atoms with van der Waals surface area (Å²) in [4.78, 5) is 11.9. The van der Waals surface area contributed by atoms with Crippen LogP contribution in [0.5, 0.6) is 11.5 Å². The predicted molar refractivity (Wildman–Crippen MR) is 88.8 cm³/mol. The van der Waals surface area contributed by atoms with Crippen molar-refractivity contribution in [2.75, 3.05) is 25.6 Å². The minimum Gasteiger partial charge on any atom is -0.465 e. The van der Waals surface area contributed by atoms with Gasteiger partial charge in [-0.15, -0.1) is 11.3 Å². The molecule has 1 aromatic heterocycles. The Morgan fingerprint density at radius 1 is 1.31 bits per heavy atom. The number of hydrogen-bond acceptors (Lipinski definition) is 7. The van der Waals surface area contributed by atoms with E-state index in [0.717, 1.165) is 29.5 Å². The number of rotatable bonds is 7. The van der Waals surface area contributed by atoms with Gasteiger partial charge >= 0.3 is 12.1 Å². The summed E-state index contributed by atoms with van der Waals surface area (Å²) in [6, 6.07) is 4.26. The molecule has 0 aliphatic carbocycles. The Hall–Kier alpha value is -2.30. The minimum absolute atomic E-state index is 0.0201. The summed E-state index contributed by atoms with van der Waals surface area (Å²) in [5.74, 6) is -0.480. The van der Waals surface area contributed by atoms with Crippen LogP contribution in [0.1, 0.15) is 15.2 Å². The molecule has 0 radical (unpaired) electrons. The number of halogens is 3. The van der Waals surface area contributed by atoms with Gasteiger partial charge in [-0.1, -0.05) is 0 Å². The number of thiophene rings is 1. The first-order chi connectivity index (χ1) is 12.3. The zero-order chi connectivity index (χ0) is 19.3. The summed E-state index contributed by atoms with van der Waals surface area (Å²) in [6.07, 6.45) is -5.73. The van der Waals surface area contributed by atoms with Crippen molar-refractivity contribution in [3.8, 4) is 11.5 Å². The third-order valence-corrected chi connectivity index (χ3v) is 4.14. The number of hydrogen-bond donors (Lipinski definition) is 3. The number of benzene rings is 1. The van der Waals surface area contributed by atoms with Gasteiger partial charge in [-0.25, -0.2) is 4.79 Å². The Bertz CT molecular complexity index is 763. The second kappa shape index (κ2) is 8.39. The standard InChI is InChI=1S/C16H16F3NO5S/c1-24-15(23)14-13(4-5-26-14)25-12-3-2-9(16(17,18)19)6-11(12)20-7-10(22)8-21/h2-6,10,20-22H,7-8H2,1H3.